The molecule has 1 amide bonds. The van der Waals surface area contributed by atoms with E-state index in [0.29, 0.717) is 11.5 Å². The number of carbonyl (C=O) groups is 2. The van der Waals surface area contributed by atoms with Crippen LogP contribution in [0.15, 0.2) is 6.07 Å². The van der Waals surface area contributed by atoms with E-state index < -0.39 is 0 Å². The Hall–Kier alpha value is -1.36. The lowest BCUT2D eigenvalue weighted by Crippen LogP contribution is -2.24. The van der Waals surface area contributed by atoms with E-state index >= 15 is 0 Å². The number of carbonyl (C=O) groups excluding carboxylic acids is 2. The second kappa shape index (κ2) is 6.88. The Morgan fingerprint density at radius 2 is 2.05 bits per heavy atom. The van der Waals surface area contributed by atoms with Crippen LogP contribution in [-0.4, -0.2) is 18.5 Å². The quantitative estimate of drug-likeness (QED) is 0.861. The molecule has 2 rings (SSSR count). The van der Waals surface area contributed by atoms with Gasteiger partial charge in [-0.3, -0.25) is 4.79 Å². The molecule has 5 heteroatoms. The van der Waals surface area contributed by atoms with Crippen molar-refractivity contribution in [1.82, 2.24) is 0 Å². The predicted molar refractivity (Wildman–Crippen MR) is 80.2 cm³/mol. The number of hydrogen-bond donors (Lipinski definition) is 1. The summed E-state index contributed by atoms with van der Waals surface area (Å²) in [6.07, 6.45) is 5.45. The highest BCUT2D eigenvalue weighted by molar-refractivity contribution is 7.18. The van der Waals surface area contributed by atoms with Crippen LogP contribution >= 0.6 is 11.3 Å². The summed E-state index contributed by atoms with van der Waals surface area (Å²) < 4.78 is 5.00. The molecule has 0 spiro atoms. The van der Waals surface area contributed by atoms with E-state index in [1.807, 2.05) is 13.0 Å². The Bertz CT molecular complexity index is 489. The Morgan fingerprint density at radius 1 is 1.35 bits per heavy atom. The Kier molecular flexibility index (Phi) is 5.17. The zero-order valence-corrected chi connectivity index (χ0v) is 12.8. The van der Waals surface area contributed by atoms with E-state index in [1.54, 1.807) is 6.92 Å². The molecule has 1 N–H and O–H groups in total. The maximum Gasteiger partial charge on any atom is 0.348 e. The zero-order valence-electron chi connectivity index (χ0n) is 12.0. The van der Waals surface area contributed by atoms with Gasteiger partial charge in [-0.25, -0.2) is 4.79 Å². The summed E-state index contributed by atoms with van der Waals surface area (Å²) in [6.45, 7) is 4.01. The first kappa shape index (κ1) is 15.0. The normalized spacial score (nSPS) is 15.9. The minimum atomic E-state index is -0.312. The first-order valence-electron chi connectivity index (χ1n) is 7.20. The van der Waals surface area contributed by atoms with Crippen molar-refractivity contribution in [3.63, 3.8) is 0 Å². The highest BCUT2D eigenvalue weighted by Gasteiger charge is 2.22. The zero-order chi connectivity index (χ0) is 14.5. The molecule has 0 unspecified atom stereocenters. The number of hydrogen-bond acceptors (Lipinski definition) is 4. The SMILES string of the molecule is CCOC(=O)c1sc(NC(=O)C2CCCCC2)cc1C. The van der Waals surface area contributed by atoms with Crippen LogP contribution in [0.4, 0.5) is 5.00 Å². The van der Waals surface area contributed by atoms with Gasteiger partial charge in [0.15, 0.2) is 0 Å². The number of esters is 1. The van der Waals surface area contributed by atoms with Crippen molar-refractivity contribution in [2.24, 2.45) is 5.92 Å². The predicted octanol–water partition coefficient (Wildman–Crippen LogP) is 3.75. The molecule has 1 aromatic rings. The summed E-state index contributed by atoms with van der Waals surface area (Å²) in [7, 11) is 0. The fraction of sp³-hybridized carbons (Fsp3) is 0.600. The third-order valence-corrected chi connectivity index (χ3v) is 4.73. The van der Waals surface area contributed by atoms with Gasteiger partial charge in [0.25, 0.3) is 0 Å². The average molecular weight is 295 g/mol. The number of amides is 1. The standard InChI is InChI=1S/C15H21NO3S/c1-3-19-15(18)13-10(2)9-12(20-13)16-14(17)11-7-5-4-6-8-11/h9,11H,3-8H2,1-2H3,(H,16,17). The summed E-state index contributed by atoms with van der Waals surface area (Å²) in [6, 6.07) is 1.84. The lowest BCUT2D eigenvalue weighted by Gasteiger charge is -2.20. The smallest absolute Gasteiger partial charge is 0.348 e. The van der Waals surface area contributed by atoms with Gasteiger partial charge in [-0.05, 0) is 38.3 Å². The van der Waals surface area contributed by atoms with Crippen LogP contribution in [0.2, 0.25) is 0 Å². The second-order valence-electron chi connectivity index (χ2n) is 5.17. The number of thiophene rings is 1. The lowest BCUT2D eigenvalue weighted by molar-refractivity contribution is -0.120. The number of aryl methyl sites for hydroxylation is 1. The molecule has 4 nitrogen and oxygen atoms in total. The molecule has 1 aliphatic carbocycles. The van der Waals surface area contributed by atoms with Gasteiger partial charge in [-0.1, -0.05) is 19.3 Å². The topological polar surface area (TPSA) is 55.4 Å². The number of ether oxygens (including phenoxy) is 1. The van der Waals surface area contributed by atoms with Crippen molar-refractivity contribution in [3.05, 3.63) is 16.5 Å². The van der Waals surface area contributed by atoms with Crippen LogP contribution in [0.25, 0.3) is 0 Å². The van der Waals surface area contributed by atoms with Crippen molar-refractivity contribution in [3.8, 4) is 0 Å². The van der Waals surface area contributed by atoms with Gasteiger partial charge in [0, 0.05) is 5.92 Å². The summed E-state index contributed by atoms with van der Waals surface area (Å²) in [5.41, 5.74) is 0.854. The molecule has 1 aromatic heterocycles. The molecule has 0 saturated heterocycles. The van der Waals surface area contributed by atoms with E-state index in [1.165, 1.54) is 17.8 Å². The largest absolute Gasteiger partial charge is 0.462 e. The Balaban J connectivity index is 2.01. The fourth-order valence-corrected chi connectivity index (χ4v) is 3.50. The molecule has 110 valence electrons. The molecule has 1 heterocycles. The van der Waals surface area contributed by atoms with E-state index in [2.05, 4.69) is 5.32 Å². The van der Waals surface area contributed by atoms with Crippen LogP contribution in [-0.2, 0) is 9.53 Å². The number of rotatable bonds is 4. The average Bonchev–Trinajstić information content (AvgIpc) is 2.81. The van der Waals surface area contributed by atoms with Crippen molar-refractivity contribution in [2.45, 2.75) is 46.0 Å². The van der Waals surface area contributed by atoms with Gasteiger partial charge in [0.1, 0.15) is 4.88 Å². The monoisotopic (exact) mass is 295 g/mol. The molecular weight excluding hydrogens is 274 g/mol. The van der Waals surface area contributed by atoms with Crippen LogP contribution < -0.4 is 5.32 Å². The third kappa shape index (κ3) is 3.60. The molecule has 1 saturated carbocycles. The molecule has 1 aliphatic rings. The highest BCUT2D eigenvalue weighted by atomic mass is 32.1. The number of nitrogens with one attached hydrogen (secondary N) is 1. The minimum Gasteiger partial charge on any atom is -0.462 e. The molecular formula is C15H21NO3S. The van der Waals surface area contributed by atoms with Crippen molar-refractivity contribution in [1.29, 1.82) is 0 Å². The van der Waals surface area contributed by atoms with Crippen LogP contribution in [0.1, 0.15) is 54.3 Å². The van der Waals surface area contributed by atoms with Gasteiger partial charge in [-0.15, -0.1) is 11.3 Å². The van der Waals surface area contributed by atoms with Gasteiger partial charge in [0.05, 0.1) is 11.6 Å². The highest BCUT2D eigenvalue weighted by Crippen LogP contribution is 2.30. The number of anilines is 1. The van der Waals surface area contributed by atoms with Crippen LogP contribution in [0.3, 0.4) is 0 Å². The van der Waals surface area contributed by atoms with Gasteiger partial charge in [-0.2, -0.15) is 0 Å². The van der Waals surface area contributed by atoms with Gasteiger partial charge < -0.3 is 10.1 Å². The summed E-state index contributed by atoms with van der Waals surface area (Å²) in [5.74, 6) is -0.105. The van der Waals surface area contributed by atoms with Crippen LogP contribution in [0, 0.1) is 12.8 Å². The van der Waals surface area contributed by atoms with E-state index in [-0.39, 0.29) is 17.8 Å². The lowest BCUT2D eigenvalue weighted by atomic mass is 9.89. The van der Waals surface area contributed by atoms with Crippen molar-refractivity contribution < 1.29 is 14.3 Å². The second-order valence-corrected chi connectivity index (χ2v) is 6.22. The minimum absolute atomic E-state index is 0.0846. The van der Waals surface area contributed by atoms with Crippen molar-refractivity contribution in [2.75, 3.05) is 11.9 Å². The molecule has 20 heavy (non-hydrogen) atoms. The molecule has 0 aromatic carbocycles. The summed E-state index contributed by atoms with van der Waals surface area (Å²) in [5, 5.41) is 3.68. The molecule has 0 atom stereocenters. The van der Waals surface area contributed by atoms with E-state index in [4.69, 9.17) is 4.74 Å². The Labute approximate surface area is 123 Å². The molecule has 1 fully saturated rings. The summed E-state index contributed by atoms with van der Waals surface area (Å²) in [4.78, 5) is 24.5. The van der Waals surface area contributed by atoms with Gasteiger partial charge >= 0.3 is 5.97 Å². The fourth-order valence-electron chi connectivity index (χ4n) is 2.53. The molecule has 0 aliphatic heterocycles. The van der Waals surface area contributed by atoms with Crippen LogP contribution in [0.5, 0.6) is 0 Å². The first-order chi connectivity index (χ1) is 9.61. The van der Waals surface area contributed by atoms with Crippen molar-refractivity contribution >= 4 is 28.2 Å². The Morgan fingerprint density at radius 3 is 2.70 bits per heavy atom. The van der Waals surface area contributed by atoms with Gasteiger partial charge in [0.2, 0.25) is 5.91 Å². The van der Waals surface area contributed by atoms with E-state index in [9.17, 15) is 9.59 Å². The molecule has 0 bridgehead atoms. The maximum atomic E-state index is 12.2. The van der Waals surface area contributed by atoms with E-state index in [0.717, 1.165) is 36.2 Å². The maximum absolute atomic E-state index is 12.2. The summed E-state index contributed by atoms with van der Waals surface area (Å²) >= 11 is 1.29. The molecule has 0 radical (unpaired) electrons. The first-order valence-corrected chi connectivity index (χ1v) is 8.02. The third-order valence-electron chi connectivity index (χ3n) is 3.60.